The number of halogens is 2. The molecule has 0 radical (unpaired) electrons. The van der Waals surface area contributed by atoms with Crippen LogP contribution < -0.4 is 0 Å². The summed E-state index contributed by atoms with van der Waals surface area (Å²) in [6.45, 7) is 14.0. The van der Waals surface area contributed by atoms with E-state index < -0.39 is 21.3 Å². The molecule has 8 rings (SSSR count). The molecule has 2 saturated heterocycles. The number of rotatable bonds is 8. The Kier molecular flexibility index (Phi) is 16.1. The van der Waals surface area contributed by atoms with Gasteiger partial charge in [0.25, 0.3) is 10.1 Å². The van der Waals surface area contributed by atoms with Gasteiger partial charge < -0.3 is 24.4 Å². The molecule has 2 aliphatic carbocycles. The van der Waals surface area contributed by atoms with Crippen molar-refractivity contribution in [3.05, 3.63) is 128 Å². The lowest BCUT2D eigenvalue weighted by Crippen LogP contribution is -2.42. The van der Waals surface area contributed by atoms with Crippen LogP contribution in [0.4, 0.5) is 9.59 Å². The maximum absolute atomic E-state index is 12.6. The monoisotopic (exact) mass is 986 g/mol. The molecule has 2 unspecified atom stereocenters. The van der Waals surface area contributed by atoms with Gasteiger partial charge in [-0.3, -0.25) is 14.2 Å². The molecule has 2 fully saturated rings. The van der Waals surface area contributed by atoms with Gasteiger partial charge in [0.05, 0.1) is 24.3 Å². The summed E-state index contributed by atoms with van der Waals surface area (Å²) in [5.41, 5.74) is 9.51. The minimum atomic E-state index is -3.54. The fraction of sp³-hybridized carbons (Fsp3) is 0.472. The van der Waals surface area contributed by atoms with Crippen molar-refractivity contribution < 1.29 is 36.8 Å². The smallest absolute Gasteiger partial charge is 0.410 e. The third-order valence-corrected chi connectivity index (χ3v) is 13.8. The second-order valence-corrected chi connectivity index (χ2v) is 22.6. The van der Waals surface area contributed by atoms with E-state index in [0.29, 0.717) is 55.0 Å². The maximum atomic E-state index is 12.6. The fourth-order valence-corrected chi connectivity index (χ4v) is 10.6. The molecule has 2 aliphatic heterocycles. The predicted octanol–water partition coefficient (Wildman–Crippen LogP) is 11.5. The van der Waals surface area contributed by atoms with Crippen LogP contribution in [0.2, 0.25) is 10.0 Å². The lowest BCUT2D eigenvalue weighted by Gasteiger charge is -2.37. The summed E-state index contributed by atoms with van der Waals surface area (Å²) in [5.74, 6) is 0.715. The third kappa shape index (κ3) is 12.9. The summed E-state index contributed by atoms with van der Waals surface area (Å²) < 4.78 is 39.3. The van der Waals surface area contributed by atoms with E-state index in [1.54, 1.807) is 11.1 Å². The first-order chi connectivity index (χ1) is 32.2. The first-order valence-corrected chi connectivity index (χ1v) is 26.1. The third-order valence-electron chi connectivity index (χ3n) is 12.8. The van der Waals surface area contributed by atoms with Gasteiger partial charge in [-0.15, -0.1) is 0 Å². The van der Waals surface area contributed by atoms with Crippen LogP contribution in [0, 0.1) is 11.8 Å². The lowest BCUT2D eigenvalue weighted by molar-refractivity contribution is 0.0167. The van der Waals surface area contributed by atoms with Crippen LogP contribution in [0.15, 0.2) is 73.1 Å². The number of hydrogen-bond acceptors (Lipinski definition) is 10. The SMILES string of the molecule is CC(C)(C)OC(=O)N1CCC(C2c3ccc(Cl)cc3C=C(CCO)c3cccnc32)CC1.CC(C)(C)OC(=O)N1CCC(C2c3ccc(Cl)cc3C=C(CCOS(C)(=O)=O)c3cccnc32)CC1. The number of likely N-dealkylation sites (tertiary alicyclic amines) is 2. The molecule has 4 aliphatic rings. The molecule has 2 aromatic carbocycles. The second kappa shape index (κ2) is 21.5. The minimum Gasteiger partial charge on any atom is -0.444 e. The molecule has 1 N–H and O–H groups in total. The highest BCUT2D eigenvalue weighted by Gasteiger charge is 2.38. The molecule has 15 heteroatoms. The van der Waals surface area contributed by atoms with Crippen molar-refractivity contribution in [3.8, 4) is 0 Å². The van der Waals surface area contributed by atoms with E-state index >= 15 is 0 Å². The van der Waals surface area contributed by atoms with Gasteiger partial charge in [-0.05, 0) is 173 Å². The molecule has 2 atom stereocenters. The highest BCUT2D eigenvalue weighted by atomic mass is 35.5. The van der Waals surface area contributed by atoms with Crippen LogP contribution >= 0.6 is 23.2 Å². The number of hydrogen-bond donors (Lipinski definition) is 1. The summed E-state index contributed by atoms with van der Waals surface area (Å²) in [6.07, 6.45) is 12.8. The first-order valence-electron chi connectivity index (χ1n) is 23.5. The Bertz CT molecular complexity index is 2640. The van der Waals surface area contributed by atoms with Crippen molar-refractivity contribution in [3.63, 3.8) is 0 Å². The molecule has 0 spiro atoms. The molecular weight excluding hydrogens is 924 g/mol. The first kappa shape index (κ1) is 51.1. The molecular formula is C53H64Cl2N4O8S. The van der Waals surface area contributed by atoms with E-state index in [-0.39, 0.29) is 43.2 Å². The fourth-order valence-electron chi connectivity index (χ4n) is 9.88. The van der Waals surface area contributed by atoms with Crippen LogP contribution in [0.1, 0.15) is 137 Å². The van der Waals surface area contributed by atoms with Crippen LogP contribution in [0.3, 0.4) is 0 Å². The Morgan fingerprint density at radius 2 is 1.09 bits per heavy atom. The zero-order valence-corrected chi connectivity index (χ0v) is 42.5. The standard InChI is InChI=1S/C27H33ClN2O5S.C26H31ClN2O3/c1-27(2,3)35-26(31)30-13-9-18(10-14-30)24-22-8-7-21(28)17-20(22)16-19(11-15-34-36(4,32)33)23-6-5-12-29-25(23)24;1-26(2,3)32-25(31)29-12-8-17(9-13-29)23-21-7-6-20(27)16-19(21)15-18(10-14-30)22-5-4-11-28-24(22)23/h5-8,12,16-18,24H,9-11,13-15H2,1-4H3;4-7,11,15-17,23,30H,8-10,12-14H2,1-3H3. The molecule has 364 valence electrons. The average Bonchev–Trinajstić information content (AvgIpc) is 3.49. The van der Waals surface area contributed by atoms with E-state index in [2.05, 4.69) is 30.4 Å². The van der Waals surface area contributed by atoms with Gasteiger partial charge >= 0.3 is 12.2 Å². The number of aromatic nitrogens is 2. The summed E-state index contributed by atoms with van der Waals surface area (Å²) in [4.78, 5) is 38.4. The highest BCUT2D eigenvalue weighted by Crippen LogP contribution is 2.47. The van der Waals surface area contributed by atoms with E-state index in [1.807, 2.05) is 95.1 Å². The summed E-state index contributed by atoms with van der Waals surface area (Å²) >= 11 is 12.7. The highest BCUT2D eigenvalue weighted by molar-refractivity contribution is 7.85. The minimum absolute atomic E-state index is 0.0128. The normalized spacial score (nSPS) is 18.8. The van der Waals surface area contributed by atoms with Crippen molar-refractivity contribution in [1.82, 2.24) is 19.8 Å². The number of pyridine rings is 2. The Labute approximate surface area is 411 Å². The van der Waals surface area contributed by atoms with Gasteiger partial charge in [-0.1, -0.05) is 59.6 Å². The largest absolute Gasteiger partial charge is 0.444 e. The second-order valence-electron chi connectivity index (χ2n) is 20.1. The van der Waals surface area contributed by atoms with E-state index in [0.717, 1.165) is 82.3 Å². The zero-order valence-electron chi connectivity index (χ0n) is 40.1. The van der Waals surface area contributed by atoms with Crippen molar-refractivity contribution in [2.24, 2.45) is 11.8 Å². The van der Waals surface area contributed by atoms with Gasteiger partial charge in [0.1, 0.15) is 11.2 Å². The van der Waals surface area contributed by atoms with Gasteiger partial charge in [0.15, 0.2) is 0 Å². The molecule has 2 amide bonds. The summed E-state index contributed by atoms with van der Waals surface area (Å²) in [5, 5.41) is 11.0. The van der Waals surface area contributed by atoms with Gasteiger partial charge in [-0.2, -0.15) is 8.42 Å². The molecule has 2 aromatic heterocycles. The number of carbonyl (C=O) groups is 2. The van der Waals surface area contributed by atoms with Crippen LogP contribution in [-0.4, -0.2) is 102 Å². The Morgan fingerprint density at radius 1 is 0.676 bits per heavy atom. The Balaban J connectivity index is 0.000000203. The molecule has 12 nitrogen and oxygen atoms in total. The Hall–Kier alpha value is -4.79. The number of aliphatic hydroxyl groups is 1. The maximum Gasteiger partial charge on any atom is 0.410 e. The summed E-state index contributed by atoms with van der Waals surface area (Å²) in [6, 6.07) is 19.9. The quantitative estimate of drug-likeness (QED) is 0.169. The average molecular weight is 988 g/mol. The van der Waals surface area contributed by atoms with E-state index in [1.165, 1.54) is 5.56 Å². The van der Waals surface area contributed by atoms with Crippen LogP contribution in [0.25, 0.3) is 23.3 Å². The van der Waals surface area contributed by atoms with Crippen molar-refractivity contribution in [2.45, 2.75) is 103 Å². The number of amides is 2. The van der Waals surface area contributed by atoms with Crippen molar-refractivity contribution in [2.75, 3.05) is 45.6 Å². The molecule has 0 bridgehead atoms. The number of ether oxygens (including phenoxy) is 2. The Morgan fingerprint density at radius 3 is 1.47 bits per heavy atom. The number of benzene rings is 2. The van der Waals surface area contributed by atoms with Crippen molar-refractivity contribution in [1.29, 1.82) is 0 Å². The molecule has 68 heavy (non-hydrogen) atoms. The van der Waals surface area contributed by atoms with Crippen LogP contribution in [0.5, 0.6) is 0 Å². The van der Waals surface area contributed by atoms with E-state index in [4.69, 9.17) is 46.8 Å². The molecule has 4 heterocycles. The predicted molar refractivity (Wildman–Crippen MR) is 269 cm³/mol. The van der Waals surface area contributed by atoms with Gasteiger partial charge in [0, 0.05) is 67.1 Å². The molecule has 0 saturated carbocycles. The number of aliphatic hydroxyl groups excluding tert-OH is 1. The number of piperidine rings is 2. The number of fused-ring (bicyclic) bond motifs is 4. The van der Waals surface area contributed by atoms with Gasteiger partial charge in [0.2, 0.25) is 0 Å². The number of carbonyl (C=O) groups excluding carboxylic acids is 2. The summed E-state index contributed by atoms with van der Waals surface area (Å²) in [7, 11) is -3.54. The topological polar surface area (TPSA) is 148 Å². The van der Waals surface area contributed by atoms with Crippen LogP contribution in [-0.2, 0) is 23.8 Å². The van der Waals surface area contributed by atoms with Gasteiger partial charge in [-0.25, -0.2) is 9.59 Å². The lowest BCUT2D eigenvalue weighted by atomic mass is 9.76. The van der Waals surface area contributed by atoms with Crippen molar-refractivity contribution >= 4 is 68.8 Å². The molecule has 4 aromatic rings. The van der Waals surface area contributed by atoms with E-state index in [9.17, 15) is 23.1 Å². The number of nitrogens with zero attached hydrogens (tertiary/aromatic N) is 4. The zero-order chi connectivity index (χ0) is 49.0.